The second kappa shape index (κ2) is 5.78. The first-order chi connectivity index (χ1) is 10.2. The smallest absolute Gasteiger partial charge is 0.238 e. The number of fused-ring (bicyclic) bond motifs is 3. The number of hydrogen-bond acceptors (Lipinski definition) is 3. The molecule has 0 spiro atoms. The molecule has 4 heteroatoms. The Hall–Kier alpha value is -1.39. The number of benzene rings is 1. The monoisotopic (exact) mass is 288 g/mol. The van der Waals surface area contributed by atoms with Crippen LogP contribution in [0.1, 0.15) is 24.0 Å². The van der Waals surface area contributed by atoms with Crippen molar-refractivity contribution in [1.82, 2.24) is 5.32 Å². The van der Waals surface area contributed by atoms with Crippen LogP contribution in [0.25, 0.3) is 0 Å². The molecule has 0 saturated heterocycles. The molecule has 2 aliphatic carbocycles. The van der Waals surface area contributed by atoms with Crippen LogP contribution in [0.3, 0.4) is 0 Å². The lowest BCUT2D eigenvalue weighted by Crippen LogP contribution is -2.62. The summed E-state index contributed by atoms with van der Waals surface area (Å²) >= 11 is 0. The van der Waals surface area contributed by atoms with E-state index in [0.29, 0.717) is 25.0 Å². The lowest BCUT2D eigenvalue weighted by atomic mass is 9.78. The number of carbonyl (C=O) groups is 1. The lowest BCUT2D eigenvalue weighted by molar-refractivity contribution is -0.127. The second-order valence-electron chi connectivity index (χ2n) is 6.30. The van der Waals surface area contributed by atoms with E-state index in [1.165, 1.54) is 11.1 Å². The standard InChI is InChI=1S/C17H24N2O2/c1-21-9-8-19-17(16(18)20)14-6-7-15(17)11-13-5-3-2-4-12(13)10-14/h2-5,14-15,19H,6-11H2,1H3,(H2,18,20). The maximum atomic E-state index is 12.4. The Bertz CT molecular complexity index is 496. The van der Waals surface area contributed by atoms with Gasteiger partial charge in [0, 0.05) is 13.7 Å². The summed E-state index contributed by atoms with van der Waals surface area (Å²) in [4.78, 5) is 12.4. The average Bonchev–Trinajstić information content (AvgIpc) is 2.72. The lowest BCUT2D eigenvalue weighted by Gasteiger charge is -2.37. The first-order valence-electron chi connectivity index (χ1n) is 7.79. The molecule has 2 bridgehead atoms. The van der Waals surface area contributed by atoms with E-state index < -0.39 is 5.54 Å². The van der Waals surface area contributed by atoms with Crippen molar-refractivity contribution in [1.29, 1.82) is 0 Å². The van der Waals surface area contributed by atoms with Crippen LogP contribution in [0.2, 0.25) is 0 Å². The molecular weight excluding hydrogens is 264 g/mol. The Labute approximate surface area is 126 Å². The predicted molar refractivity (Wildman–Crippen MR) is 81.9 cm³/mol. The van der Waals surface area contributed by atoms with Crippen LogP contribution in [-0.2, 0) is 22.4 Å². The molecule has 1 aromatic rings. The highest BCUT2D eigenvalue weighted by molar-refractivity contribution is 5.86. The van der Waals surface area contributed by atoms with Gasteiger partial charge in [-0.25, -0.2) is 0 Å². The third-order valence-corrected chi connectivity index (χ3v) is 5.33. The fourth-order valence-corrected chi connectivity index (χ4v) is 4.34. The summed E-state index contributed by atoms with van der Waals surface area (Å²) in [5.41, 5.74) is 8.05. The molecule has 1 saturated carbocycles. The molecule has 3 N–H and O–H groups in total. The minimum Gasteiger partial charge on any atom is -0.383 e. The van der Waals surface area contributed by atoms with Gasteiger partial charge in [-0.2, -0.15) is 0 Å². The number of methoxy groups -OCH3 is 1. The SMILES string of the molecule is COCCNC1(C(N)=O)C2CCC1Cc1ccccc1C2. The highest BCUT2D eigenvalue weighted by atomic mass is 16.5. The molecule has 21 heavy (non-hydrogen) atoms. The van der Waals surface area contributed by atoms with Gasteiger partial charge in [0.15, 0.2) is 0 Å². The van der Waals surface area contributed by atoms with Gasteiger partial charge in [0.05, 0.1) is 6.61 Å². The zero-order valence-corrected chi connectivity index (χ0v) is 12.6. The molecule has 114 valence electrons. The van der Waals surface area contributed by atoms with Gasteiger partial charge in [0.2, 0.25) is 5.91 Å². The molecule has 4 nitrogen and oxygen atoms in total. The van der Waals surface area contributed by atoms with Crippen LogP contribution in [0.15, 0.2) is 24.3 Å². The van der Waals surface area contributed by atoms with E-state index in [4.69, 9.17) is 10.5 Å². The van der Waals surface area contributed by atoms with Gasteiger partial charge < -0.3 is 15.8 Å². The van der Waals surface area contributed by atoms with Gasteiger partial charge in [0.1, 0.15) is 5.54 Å². The number of nitrogens with two attached hydrogens (primary N) is 1. The van der Waals surface area contributed by atoms with Gasteiger partial charge in [-0.05, 0) is 48.6 Å². The van der Waals surface area contributed by atoms with Crippen LogP contribution >= 0.6 is 0 Å². The van der Waals surface area contributed by atoms with Crippen molar-refractivity contribution >= 4 is 5.91 Å². The summed E-state index contributed by atoms with van der Waals surface area (Å²) in [6.45, 7) is 1.27. The second-order valence-corrected chi connectivity index (χ2v) is 6.30. The Morgan fingerprint density at radius 3 is 2.33 bits per heavy atom. The van der Waals surface area contributed by atoms with Gasteiger partial charge in [0.25, 0.3) is 0 Å². The maximum Gasteiger partial charge on any atom is 0.238 e. The van der Waals surface area contributed by atoms with E-state index in [1.807, 2.05) is 0 Å². The molecule has 0 aromatic heterocycles. The van der Waals surface area contributed by atoms with E-state index >= 15 is 0 Å². The first-order valence-corrected chi connectivity index (χ1v) is 7.79. The first kappa shape index (κ1) is 14.5. The summed E-state index contributed by atoms with van der Waals surface area (Å²) in [7, 11) is 1.68. The normalized spacial score (nSPS) is 30.7. The molecule has 1 fully saturated rings. The quantitative estimate of drug-likeness (QED) is 0.802. The maximum absolute atomic E-state index is 12.4. The number of ether oxygens (including phenoxy) is 1. The van der Waals surface area contributed by atoms with E-state index in [0.717, 1.165) is 25.7 Å². The molecule has 0 radical (unpaired) electrons. The van der Waals surface area contributed by atoms with Crippen molar-refractivity contribution in [3.8, 4) is 0 Å². The molecular formula is C17H24N2O2. The molecule has 3 rings (SSSR count). The van der Waals surface area contributed by atoms with Crippen molar-refractivity contribution in [3.05, 3.63) is 35.4 Å². The molecule has 1 aromatic carbocycles. The van der Waals surface area contributed by atoms with E-state index in [1.54, 1.807) is 7.11 Å². The van der Waals surface area contributed by atoms with Crippen molar-refractivity contribution in [2.24, 2.45) is 17.6 Å². The minimum atomic E-state index is -0.572. The Morgan fingerprint density at radius 2 is 1.86 bits per heavy atom. The fraction of sp³-hybridized carbons (Fsp3) is 0.588. The summed E-state index contributed by atoms with van der Waals surface area (Å²) in [6.07, 6.45) is 4.02. The van der Waals surface area contributed by atoms with Crippen molar-refractivity contribution < 1.29 is 9.53 Å². The van der Waals surface area contributed by atoms with Crippen molar-refractivity contribution in [3.63, 3.8) is 0 Å². The van der Waals surface area contributed by atoms with E-state index in [-0.39, 0.29) is 5.91 Å². The average molecular weight is 288 g/mol. The zero-order chi connectivity index (χ0) is 14.9. The van der Waals surface area contributed by atoms with Crippen LogP contribution < -0.4 is 11.1 Å². The minimum absolute atomic E-state index is 0.195. The van der Waals surface area contributed by atoms with Gasteiger partial charge in [-0.1, -0.05) is 24.3 Å². The van der Waals surface area contributed by atoms with E-state index in [2.05, 4.69) is 29.6 Å². The number of rotatable bonds is 5. The number of nitrogens with one attached hydrogen (secondary N) is 1. The summed E-state index contributed by atoms with van der Waals surface area (Å²) in [5.74, 6) is 0.389. The Morgan fingerprint density at radius 1 is 1.29 bits per heavy atom. The van der Waals surface area contributed by atoms with Crippen LogP contribution in [0, 0.1) is 11.8 Å². The number of amides is 1. The number of carbonyl (C=O) groups excluding carboxylic acids is 1. The van der Waals surface area contributed by atoms with Crippen LogP contribution in [0.4, 0.5) is 0 Å². The highest BCUT2D eigenvalue weighted by Crippen LogP contribution is 2.47. The predicted octanol–water partition coefficient (Wildman–Crippen LogP) is 1.27. The number of primary amides is 1. The Kier molecular flexibility index (Phi) is 4.00. The summed E-state index contributed by atoms with van der Waals surface area (Å²) in [6, 6.07) is 8.55. The summed E-state index contributed by atoms with van der Waals surface area (Å²) in [5, 5.41) is 3.47. The Balaban J connectivity index is 1.93. The third kappa shape index (κ3) is 2.36. The third-order valence-electron chi connectivity index (χ3n) is 5.33. The van der Waals surface area contributed by atoms with Gasteiger partial charge in [-0.15, -0.1) is 0 Å². The van der Waals surface area contributed by atoms with Crippen molar-refractivity contribution in [2.75, 3.05) is 20.3 Å². The largest absolute Gasteiger partial charge is 0.383 e. The fourth-order valence-electron chi connectivity index (χ4n) is 4.34. The highest BCUT2D eigenvalue weighted by Gasteiger charge is 2.55. The molecule has 0 heterocycles. The molecule has 2 atom stereocenters. The number of hydrogen-bond donors (Lipinski definition) is 2. The van der Waals surface area contributed by atoms with Crippen LogP contribution in [0.5, 0.6) is 0 Å². The molecule has 2 aliphatic rings. The van der Waals surface area contributed by atoms with Gasteiger partial charge >= 0.3 is 0 Å². The van der Waals surface area contributed by atoms with Crippen molar-refractivity contribution in [2.45, 2.75) is 31.2 Å². The van der Waals surface area contributed by atoms with Gasteiger partial charge in [-0.3, -0.25) is 4.79 Å². The molecule has 1 amide bonds. The molecule has 0 aliphatic heterocycles. The topological polar surface area (TPSA) is 64.3 Å². The zero-order valence-electron chi connectivity index (χ0n) is 12.6. The summed E-state index contributed by atoms with van der Waals surface area (Å²) < 4.78 is 5.13. The van der Waals surface area contributed by atoms with Crippen LogP contribution in [-0.4, -0.2) is 31.7 Å². The van der Waals surface area contributed by atoms with E-state index in [9.17, 15) is 4.79 Å². The molecule has 2 unspecified atom stereocenters.